The lowest BCUT2D eigenvalue weighted by Gasteiger charge is -2.35. The summed E-state index contributed by atoms with van der Waals surface area (Å²) < 4.78 is 5.31. The molecule has 4 heteroatoms. The molecule has 1 saturated carbocycles. The molecule has 1 heterocycles. The van der Waals surface area contributed by atoms with Crippen molar-refractivity contribution in [1.29, 1.82) is 0 Å². The van der Waals surface area contributed by atoms with Gasteiger partial charge in [0.15, 0.2) is 0 Å². The second-order valence-electron chi connectivity index (χ2n) is 5.47. The van der Waals surface area contributed by atoms with E-state index >= 15 is 0 Å². The van der Waals surface area contributed by atoms with E-state index in [9.17, 15) is 0 Å². The highest BCUT2D eigenvalue weighted by Gasteiger charge is 2.26. The van der Waals surface area contributed by atoms with Crippen molar-refractivity contribution in [2.24, 2.45) is 11.7 Å². The zero-order valence-corrected chi connectivity index (χ0v) is 11.1. The third-order valence-corrected chi connectivity index (χ3v) is 4.04. The van der Waals surface area contributed by atoms with Crippen molar-refractivity contribution in [1.82, 2.24) is 9.80 Å². The Morgan fingerprint density at radius 1 is 1.18 bits per heavy atom. The maximum atomic E-state index is 5.63. The molecule has 100 valence electrons. The molecule has 1 unspecified atom stereocenters. The topological polar surface area (TPSA) is 41.7 Å². The van der Waals surface area contributed by atoms with Crippen LogP contribution in [0.4, 0.5) is 0 Å². The third kappa shape index (κ3) is 4.54. The minimum absolute atomic E-state index is 0.236. The molecule has 0 spiro atoms. The van der Waals surface area contributed by atoms with E-state index in [1.54, 1.807) is 7.11 Å². The molecule has 1 saturated heterocycles. The van der Waals surface area contributed by atoms with E-state index in [1.807, 2.05) is 0 Å². The molecule has 2 aliphatic rings. The average Bonchev–Trinajstić information content (AvgIpc) is 3.16. The monoisotopic (exact) mass is 241 g/mol. The third-order valence-electron chi connectivity index (χ3n) is 4.04. The van der Waals surface area contributed by atoms with Gasteiger partial charge in [-0.1, -0.05) is 0 Å². The van der Waals surface area contributed by atoms with E-state index in [-0.39, 0.29) is 6.10 Å². The maximum Gasteiger partial charge on any atom is 0.0705 e. The van der Waals surface area contributed by atoms with Gasteiger partial charge < -0.3 is 20.3 Å². The van der Waals surface area contributed by atoms with E-state index in [0.717, 1.165) is 18.9 Å². The van der Waals surface area contributed by atoms with E-state index in [2.05, 4.69) is 9.80 Å². The Hall–Kier alpha value is -0.160. The van der Waals surface area contributed by atoms with Crippen molar-refractivity contribution in [3.8, 4) is 0 Å². The van der Waals surface area contributed by atoms with Crippen molar-refractivity contribution < 1.29 is 4.74 Å². The van der Waals surface area contributed by atoms with Crippen molar-refractivity contribution in [3.05, 3.63) is 0 Å². The molecule has 17 heavy (non-hydrogen) atoms. The molecule has 4 nitrogen and oxygen atoms in total. The summed E-state index contributed by atoms with van der Waals surface area (Å²) in [6.07, 6.45) is 4.23. The molecule has 0 bridgehead atoms. The van der Waals surface area contributed by atoms with Gasteiger partial charge in [0.25, 0.3) is 0 Å². The minimum Gasteiger partial charge on any atom is -0.380 e. The molecule has 2 rings (SSSR count). The van der Waals surface area contributed by atoms with Crippen molar-refractivity contribution >= 4 is 0 Å². The summed E-state index contributed by atoms with van der Waals surface area (Å²) in [6, 6.07) is 0. The summed E-state index contributed by atoms with van der Waals surface area (Å²) in [6.45, 7) is 8.04. The Kier molecular flexibility index (Phi) is 5.22. The largest absolute Gasteiger partial charge is 0.380 e. The van der Waals surface area contributed by atoms with Crippen LogP contribution in [0.5, 0.6) is 0 Å². The standard InChI is InChI=1S/C13H27N3O/c1-17-13(10-14)4-5-15-6-8-16(9-7-15)11-12-2-3-12/h12-13H,2-11,14H2,1H3. The number of ether oxygens (including phenoxy) is 1. The molecule has 1 aliphatic carbocycles. The Balaban J connectivity index is 1.57. The zero-order valence-electron chi connectivity index (χ0n) is 11.1. The molecule has 0 radical (unpaired) electrons. The fraction of sp³-hybridized carbons (Fsp3) is 1.00. The van der Waals surface area contributed by atoms with Gasteiger partial charge in [-0.05, 0) is 25.2 Å². The number of rotatable bonds is 7. The number of nitrogens with two attached hydrogens (primary N) is 1. The Labute approximate surface area is 105 Å². The lowest BCUT2D eigenvalue weighted by Crippen LogP contribution is -2.47. The first kappa shape index (κ1) is 13.3. The van der Waals surface area contributed by atoms with Gasteiger partial charge in [-0.2, -0.15) is 0 Å². The summed E-state index contributed by atoms with van der Waals surface area (Å²) in [7, 11) is 1.76. The fourth-order valence-corrected chi connectivity index (χ4v) is 2.52. The van der Waals surface area contributed by atoms with Crippen LogP contribution in [0, 0.1) is 5.92 Å². The molecule has 0 aromatic rings. The molecular formula is C13H27N3O. The summed E-state index contributed by atoms with van der Waals surface area (Å²) >= 11 is 0. The maximum absolute atomic E-state index is 5.63. The van der Waals surface area contributed by atoms with Crippen LogP contribution in [0.25, 0.3) is 0 Å². The van der Waals surface area contributed by atoms with Crippen LogP contribution in [0.15, 0.2) is 0 Å². The van der Waals surface area contributed by atoms with Crippen LogP contribution in [0.2, 0.25) is 0 Å². The molecular weight excluding hydrogens is 214 g/mol. The summed E-state index contributed by atoms with van der Waals surface area (Å²) in [5.41, 5.74) is 5.63. The van der Waals surface area contributed by atoms with Crippen LogP contribution >= 0.6 is 0 Å². The van der Waals surface area contributed by atoms with E-state index in [4.69, 9.17) is 10.5 Å². The van der Waals surface area contributed by atoms with E-state index < -0.39 is 0 Å². The second-order valence-corrected chi connectivity index (χ2v) is 5.47. The highest BCUT2D eigenvalue weighted by molar-refractivity contribution is 4.80. The number of methoxy groups -OCH3 is 1. The SMILES string of the molecule is COC(CN)CCN1CCN(CC2CC2)CC1. The van der Waals surface area contributed by atoms with Gasteiger partial charge in [-0.3, -0.25) is 0 Å². The molecule has 2 N–H and O–H groups in total. The first-order valence-corrected chi connectivity index (χ1v) is 6.99. The number of piperazine rings is 1. The zero-order chi connectivity index (χ0) is 12.1. The Morgan fingerprint density at radius 3 is 2.35 bits per heavy atom. The quantitative estimate of drug-likeness (QED) is 0.699. The Bertz CT molecular complexity index is 209. The lowest BCUT2D eigenvalue weighted by molar-refractivity contribution is 0.0743. The van der Waals surface area contributed by atoms with Gasteiger partial charge in [0.05, 0.1) is 6.10 Å². The predicted octanol–water partition coefficient (Wildman–Crippen LogP) is 0.378. The number of nitrogens with zero attached hydrogens (tertiary/aromatic N) is 2. The molecule has 0 aromatic carbocycles. The predicted molar refractivity (Wildman–Crippen MR) is 70.1 cm³/mol. The van der Waals surface area contributed by atoms with Crippen LogP contribution in [-0.4, -0.2) is 68.8 Å². The van der Waals surface area contributed by atoms with Crippen molar-refractivity contribution in [2.45, 2.75) is 25.4 Å². The van der Waals surface area contributed by atoms with Crippen LogP contribution in [0.1, 0.15) is 19.3 Å². The van der Waals surface area contributed by atoms with Gasteiger partial charge in [-0.25, -0.2) is 0 Å². The van der Waals surface area contributed by atoms with Crippen LogP contribution in [0.3, 0.4) is 0 Å². The van der Waals surface area contributed by atoms with Gasteiger partial charge in [0.2, 0.25) is 0 Å². The molecule has 2 fully saturated rings. The molecule has 0 aromatic heterocycles. The van der Waals surface area contributed by atoms with Gasteiger partial charge in [0.1, 0.15) is 0 Å². The summed E-state index contributed by atoms with van der Waals surface area (Å²) in [4.78, 5) is 5.18. The lowest BCUT2D eigenvalue weighted by atomic mass is 10.2. The number of hydrogen-bond acceptors (Lipinski definition) is 4. The second kappa shape index (κ2) is 6.69. The minimum atomic E-state index is 0.236. The van der Waals surface area contributed by atoms with E-state index in [1.165, 1.54) is 45.6 Å². The highest BCUT2D eigenvalue weighted by Crippen LogP contribution is 2.29. The smallest absolute Gasteiger partial charge is 0.0705 e. The van der Waals surface area contributed by atoms with Gasteiger partial charge in [-0.15, -0.1) is 0 Å². The molecule has 0 amide bonds. The van der Waals surface area contributed by atoms with Gasteiger partial charge >= 0.3 is 0 Å². The van der Waals surface area contributed by atoms with Crippen LogP contribution < -0.4 is 5.73 Å². The number of hydrogen-bond donors (Lipinski definition) is 1. The van der Waals surface area contributed by atoms with E-state index in [0.29, 0.717) is 6.54 Å². The van der Waals surface area contributed by atoms with Gasteiger partial charge in [0, 0.05) is 52.9 Å². The highest BCUT2D eigenvalue weighted by atomic mass is 16.5. The van der Waals surface area contributed by atoms with Crippen molar-refractivity contribution in [3.63, 3.8) is 0 Å². The summed E-state index contributed by atoms with van der Waals surface area (Å²) in [5.74, 6) is 1.02. The first-order valence-electron chi connectivity index (χ1n) is 6.99. The average molecular weight is 241 g/mol. The Morgan fingerprint density at radius 2 is 1.82 bits per heavy atom. The van der Waals surface area contributed by atoms with Crippen molar-refractivity contribution in [2.75, 3.05) is 52.9 Å². The fourth-order valence-electron chi connectivity index (χ4n) is 2.52. The van der Waals surface area contributed by atoms with Crippen LogP contribution in [-0.2, 0) is 4.74 Å². The normalized spacial score (nSPS) is 25.1. The molecule has 1 aliphatic heterocycles. The first-order chi connectivity index (χ1) is 8.31. The summed E-state index contributed by atoms with van der Waals surface area (Å²) in [5, 5.41) is 0. The molecule has 1 atom stereocenters.